The van der Waals surface area contributed by atoms with E-state index in [9.17, 15) is 4.79 Å². The summed E-state index contributed by atoms with van der Waals surface area (Å²) in [5.41, 5.74) is 1.24. The SMILES string of the molecule is Cc1ccc(SCC(=O)NC(C(C)C)C(C)C)cc1. The third-order valence-corrected chi connectivity index (χ3v) is 4.17. The van der Waals surface area contributed by atoms with Gasteiger partial charge in [0, 0.05) is 10.9 Å². The number of rotatable bonds is 6. The molecule has 0 bridgehead atoms. The summed E-state index contributed by atoms with van der Waals surface area (Å²) in [6.45, 7) is 10.7. The van der Waals surface area contributed by atoms with Crippen LogP contribution in [0, 0.1) is 18.8 Å². The number of hydrogen-bond donors (Lipinski definition) is 1. The molecule has 1 N–H and O–H groups in total. The first-order chi connectivity index (χ1) is 8.90. The van der Waals surface area contributed by atoms with E-state index < -0.39 is 0 Å². The van der Waals surface area contributed by atoms with Crippen LogP contribution in [0.3, 0.4) is 0 Å². The number of benzene rings is 1. The van der Waals surface area contributed by atoms with Crippen LogP contribution in [-0.4, -0.2) is 17.7 Å². The summed E-state index contributed by atoms with van der Waals surface area (Å²) in [4.78, 5) is 13.1. The molecule has 0 atom stereocenters. The lowest BCUT2D eigenvalue weighted by Gasteiger charge is -2.26. The highest BCUT2D eigenvalue weighted by molar-refractivity contribution is 8.00. The molecule has 1 amide bonds. The van der Waals surface area contributed by atoms with Crippen LogP contribution in [0.5, 0.6) is 0 Å². The molecule has 0 radical (unpaired) electrons. The highest BCUT2D eigenvalue weighted by Gasteiger charge is 2.19. The van der Waals surface area contributed by atoms with Gasteiger partial charge in [0.1, 0.15) is 0 Å². The maximum Gasteiger partial charge on any atom is 0.230 e. The molecule has 0 heterocycles. The zero-order valence-electron chi connectivity index (χ0n) is 12.6. The molecule has 0 aliphatic rings. The van der Waals surface area contributed by atoms with Gasteiger partial charge in [-0.2, -0.15) is 0 Å². The van der Waals surface area contributed by atoms with Crippen LogP contribution < -0.4 is 5.32 Å². The Balaban J connectivity index is 2.45. The Morgan fingerprint density at radius 3 is 2.11 bits per heavy atom. The molecular formula is C16H25NOS. The van der Waals surface area contributed by atoms with Crippen molar-refractivity contribution in [2.75, 3.05) is 5.75 Å². The molecule has 0 aliphatic heterocycles. The van der Waals surface area contributed by atoms with Crippen molar-refractivity contribution in [2.24, 2.45) is 11.8 Å². The third kappa shape index (κ3) is 5.68. The van der Waals surface area contributed by atoms with E-state index >= 15 is 0 Å². The normalized spacial score (nSPS) is 11.4. The lowest BCUT2D eigenvalue weighted by atomic mass is 9.93. The number of hydrogen-bond acceptors (Lipinski definition) is 2. The van der Waals surface area contributed by atoms with Crippen LogP contribution in [0.4, 0.5) is 0 Å². The molecule has 106 valence electrons. The summed E-state index contributed by atoms with van der Waals surface area (Å²) >= 11 is 1.59. The maximum atomic E-state index is 12.0. The molecule has 0 saturated carbocycles. The predicted molar refractivity (Wildman–Crippen MR) is 83.5 cm³/mol. The summed E-state index contributed by atoms with van der Waals surface area (Å²) in [7, 11) is 0. The van der Waals surface area contributed by atoms with E-state index in [1.54, 1.807) is 11.8 Å². The van der Waals surface area contributed by atoms with Gasteiger partial charge in [-0.3, -0.25) is 4.79 Å². The van der Waals surface area contributed by atoms with Gasteiger partial charge in [0.05, 0.1) is 5.75 Å². The largest absolute Gasteiger partial charge is 0.352 e. The lowest BCUT2D eigenvalue weighted by Crippen LogP contribution is -2.42. The van der Waals surface area contributed by atoms with Gasteiger partial charge in [-0.15, -0.1) is 11.8 Å². The van der Waals surface area contributed by atoms with Gasteiger partial charge in [0.25, 0.3) is 0 Å². The first kappa shape index (κ1) is 16.1. The Bertz CT molecular complexity index is 390. The topological polar surface area (TPSA) is 29.1 Å². The molecule has 0 fully saturated rings. The molecule has 2 nitrogen and oxygen atoms in total. The maximum absolute atomic E-state index is 12.0. The number of carbonyl (C=O) groups is 1. The second-order valence-corrected chi connectivity index (χ2v) is 6.73. The zero-order valence-corrected chi connectivity index (χ0v) is 13.4. The van der Waals surface area contributed by atoms with E-state index in [0.29, 0.717) is 17.6 Å². The van der Waals surface area contributed by atoms with Gasteiger partial charge < -0.3 is 5.32 Å². The first-order valence-corrected chi connectivity index (χ1v) is 7.87. The summed E-state index contributed by atoms with van der Waals surface area (Å²) in [5, 5.41) is 3.14. The van der Waals surface area contributed by atoms with Crippen LogP contribution in [0.25, 0.3) is 0 Å². The van der Waals surface area contributed by atoms with Gasteiger partial charge in [0.2, 0.25) is 5.91 Å². The summed E-state index contributed by atoms with van der Waals surface area (Å²) in [6, 6.07) is 8.54. The highest BCUT2D eigenvalue weighted by Crippen LogP contribution is 2.18. The summed E-state index contributed by atoms with van der Waals surface area (Å²) in [5.74, 6) is 1.54. The van der Waals surface area contributed by atoms with E-state index in [1.165, 1.54) is 5.56 Å². The second-order valence-electron chi connectivity index (χ2n) is 5.68. The zero-order chi connectivity index (χ0) is 14.4. The van der Waals surface area contributed by atoms with Crippen molar-refractivity contribution in [1.82, 2.24) is 5.32 Å². The van der Waals surface area contributed by atoms with E-state index in [1.807, 2.05) is 0 Å². The highest BCUT2D eigenvalue weighted by atomic mass is 32.2. The van der Waals surface area contributed by atoms with Crippen molar-refractivity contribution in [3.05, 3.63) is 29.8 Å². The van der Waals surface area contributed by atoms with Crippen LogP contribution in [0.1, 0.15) is 33.3 Å². The minimum atomic E-state index is 0.123. The van der Waals surface area contributed by atoms with Gasteiger partial charge >= 0.3 is 0 Å². The molecular weight excluding hydrogens is 254 g/mol. The summed E-state index contributed by atoms with van der Waals surface area (Å²) in [6.07, 6.45) is 0. The first-order valence-electron chi connectivity index (χ1n) is 6.89. The molecule has 19 heavy (non-hydrogen) atoms. The fraction of sp³-hybridized carbons (Fsp3) is 0.562. The molecule has 0 aromatic heterocycles. The Kier molecular flexibility index (Phi) is 6.43. The minimum Gasteiger partial charge on any atom is -0.352 e. The monoisotopic (exact) mass is 279 g/mol. The molecule has 0 unspecified atom stereocenters. The van der Waals surface area contributed by atoms with Crippen molar-refractivity contribution in [1.29, 1.82) is 0 Å². The Labute approximate surface area is 121 Å². The van der Waals surface area contributed by atoms with Crippen molar-refractivity contribution in [3.8, 4) is 0 Å². The minimum absolute atomic E-state index is 0.123. The number of aryl methyl sites for hydroxylation is 1. The van der Waals surface area contributed by atoms with E-state index in [-0.39, 0.29) is 11.9 Å². The van der Waals surface area contributed by atoms with Crippen molar-refractivity contribution < 1.29 is 4.79 Å². The molecule has 0 saturated heterocycles. The second kappa shape index (κ2) is 7.59. The molecule has 1 aromatic rings. The molecule has 0 aliphatic carbocycles. The predicted octanol–water partition coefficient (Wildman–Crippen LogP) is 3.88. The molecule has 3 heteroatoms. The van der Waals surface area contributed by atoms with E-state index in [4.69, 9.17) is 0 Å². The molecule has 1 rings (SSSR count). The van der Waals surface area contributed by atoms with Crippen LogP contribution in [0.2, 0.25) is 0 Å². The Hall–Kier alpha value is -0.960. The standard InChI is InChI=1S/C16H25NOS/c1-11(2)16(12(3)4)17-15(18)10-19-14-8-6-13(5)7-9-14/h6-9,11-12,16H,10H2,1-5H3,(H,17,18). The average Bonchev–Trinajstić information content (AvgIpc) is 2.34. The number of amides is 1. The van der Waals surface area contributed by atoms with Gasteiger partial charge in [-0.05, 0) is 30.9 Å². The fourth-order valence-electron chi connectivity index (χ4n) is 2.11. The van der Waals surface area contributed by atoms with Crippen LogP contribution in [-0.2, 0) is 4.79 Å². The van der Waals surface area contributed by atoms with E-state index in [0.717, 1.165) is 4.90 Å². The molecule has 0 spiro atoms. The lowest BCUT2D eigenvalue weighted by molar-refractivity contribution is -0.119. The fourth-order valence-corrected chi connectivity index (χ4v) is 2.82. The smallest absolute Gasteiger partial charge is 0.230 e. The average molecular weight is 279 g/mol. The number of thioether (sulfide) groups is 1. The number of nitrogens with one attached hydrogen (secondary N) is 1. The van der Waals surface area contributed by atoms with Crippen LogP contribution in [0.15, 0.2) is 29.2 Å². The third-order valence-electron chi connectivity index (χ3n) is 3.16. The van der Waals surface area contributed by atoms with Crippen molar-refractivity contribution in [3.63, 3.8) is 0 Å². The van der Waals surface area contributed by atoms with Crippen molar-refractivity contribution >= 4 is 17.7 Å². The Morgan fingerprint density at radius 1 is 1.11 bits per heavy atom. The van der Waals surface area contributed by atoms with Gasteiger partial charge in [-0.25, -0.2) is 0 Å². The number of carbonyl (C=O) groups excluding carboxylic acids is 1. The summed E-state index contributed by atoms with van der Waals surface area (Å²) < 4.78 is 0. The van der Waals surface area contributed by atoms with Gasteiger partial charge in [-0.1, -0.05) is 45.4 Å². The van der Waals surface area contributed by atoms with Crippen molar-refractivity contribution in [2.45, 2.75) is 45.6 Å². The van der Waals surface area contributed by atoms with Gasteiger partial charge in [0.15, 0.2) is 0 Å². The quantitative estimate of drug-likeness (QED) is 0.801. The van der Waals surface area contributed by atoms with E-state index in [2.05, 4.69) is 64.2 Å². The molecule has 1 aromatic carbocycles. The Morgan fingerprint density at radius 2 is 1.63 bits per heavy atom. The van der Waals surface area contributed by atoms with Crippen LogP contribution >= 0.6 is 11.8 Å².